The second kappa shape index (κ2) is 4.45. The van der Waals surface area contributed by atoms with E-state index in [4.69, 9.17) is 9.31 Å². The maximum atomic E-state index is 12.2. The Labute approximate surface area is 124 Å². The van der Waals surface area contributed by atoms with E-state index in [2.05, 4.69) is 0 Å². The highest BCUT2D eigenvalue weighted by Crippen LogP contribution is 2.36. The molecule has 1 aliphatic rings. The van der Waals surface area contributed by atoms with Gasteiger partial charge >= 0.3 is 7.12 Å². The van der Waals surface area contributed by atoms with Crippen molar-refractivity contribution in [2.45, 2.75) is 45.8 Å². The summed E-state index contributed by atoms with van der Waals surface area (Å²) in [4.78, 5) is 12.2. The van der Waals surface area contributed by atoms with Gasteiger partial charge in [0.25, 0.3) is 5.56 Å². The summed E-state index contributed by atoms with van der Waals surface area (Å²) in [6, 6.07) is 7.64. The van der Waals surface area contributed by atoms with Crippen molar-refractivity contribution in [2.75, 3.05) is 0 Å². The number of nitrogens with zero attached hydrogens (tertiary/aromatic N) is 1. The van der Waals surface area contributed by atoms with Crippen LogP contribution in [0.4, 0.5) is 0 Å². The van der Waals surface area contributed by atoms with E-state index in [0.29, 0.717) is 0 Å². The standard InChI is InChI=1S/C16H20BNO3/c1-11-6-8-13-9-7-12(10-18(13)14(11)19)17-20-15(2,3)16(4,5)21-17/h6-10H,1-5H3. The van der Waals surface area contributed by atoms with Gasteiger partial charge in [-0.05, 0) is 52.2 Å². The molecule has 3 heterocycles. The predicted molar refractivity (Wildman–Crippen MR) is 84.1 cm³/mol. The minimum atomic E-state index is -0.452. The number of aromatic nitrogens is 1. The summed E-state index contributed by atoms with van der Waals surface area (Å²) in [5, 5.41) is 0. The largest absolute Gasteiger partial charge is 0.496 e. The van der Waals surface area contributed by atoms with E-state index in [-0.39, 0.29) is 16.8 Å². The van der Waals surface area contributed by atoms with E-state index in [1.807, 2.05) is 65.1 Å². The molecule has 110 valence electrons. The van der Waals surface area contributed by atoms with Gasteiger partial charge in [0.15, 0.2) is 0 Å². The van der Waals surface area contributed by atoms with Crippen molar-refractivity contribution in [1.82, 2.24) is 4.40 Å². The molecule has 0 unspecified atom stereocenters. The van der Waals surface area contributed by atoms with Crippen LogP contribution in [0.15, 0.2) is 35.3 Å². The van der Waals surface area contributed by atoms with Crippen LogP contribution < -0.4 is 11.0 Å². The maximum absolute atomic E-state index is 12.2. The van der Waals surface area contributed by atoms with Crippen LogP contribution in [0.25, 0.3) is 5.52 Å². The zero-order chi connectivity index (χ0) is 15.4. The quantitative estimate of drug-likeness (QED) is 0.751. The van der Waals surface area contributed by atoms with E-state index in [1.165, 1.54) is 0 Å². The SMILES string of the molecule is Cc1ccc2ccc(B3OC(C)(C)C(C)(C)O3)cn2c1=O. The van der Waals surface area contributed by atoms with Crippen LogP contribution in [-0.2, 0) is 9.31 Å². The van der Waals surface area contributed by atoms with Crippen LogP contribution in [-0.4, -0.2) is 22.7 Å². The van der Waals surface area contributed by atoms with Gasteiger partial charge in [-0.2, -0.15) is 0 Å². The van der Waals surface area contributed by atoms with Crippen LogP contribution in [0.1, 0.15) is 33.3 Å². The lowest BCUT2D eigenvalue weighted by molar-refractivity contribution is 0.00578. The molecule has 0 spiro atoms. The number of fused-ring (bicyclic) bond motifs is 1. The summed E-state index contributed by atoms with van der Waals surface area (Å²) in [5.41, 5.74) is 1.66. The van der Waals surface area contributed by atoms with Crippen molar-refractivity contribution in [3.05, 3.63) is 46.4 Å². The minimum Gasteiger partial charge on any atom is -0.399 e. The zero-order valence-electron chi connectivity index (χ0n) is 13.1. The molecule has 0 N–H and O–H groups in total. The monoisotopic (exact) mass is 285 g/mol. The lowest BCUT2D eigenvalue weighted by Crippen LogP contribution is -2.41. The number of rotatable bonds is 1. The number of aryl methyl sites for hydroxylation is 1. The molecule has 0 saturated carbocycles. The van der Waals surface area contributed by atoms with Gasteiger partial charge in [0.2, 0.25) is 0 Å². The molecule has 0 atom stereocenters. The molecular weight excluding hydrogens is 265 g/mol. The van der Waals surface area contributed by atoms with Crippen molar-refractivity contribution < 1.29 is 9.31 Å². The zero-order valence-corrected chi connectivity index (χ0v) is 13.1. The van der Waals surface area contributed by atoms with Crippen LogP contribution >= 0.6 is 0 Å². The van der Waals surface area contributed by atoms with E-state index in [9.17, 15) is 4.79 Å². The highest BCUT2D eigenvalue weighted by molar-refractivity contribution is 6.62. The van der Waals surface area contributed by atoms with Gasteiger partial charge in [-0.1, -0.05) is 12.1 Å². The van der Waals surface area contributed by atoms with Crippen LogP contribution in [0.5, 0.6) is 0 Å². The highest BCUT2D eigenvalue weighted by Gasteiger charge is 2.51. The molecule has 1 saturated heterocycles. The second-order valence-corrected chi connectivity index (χ2v) is 6.67. The summed E-state index contributed by atoms with van der Waals surface area (Å²) in [5.74, 6) is 0. The number of hydrogen-bond acceptors (Lipinski definition) is 3. The molecule has 5 heteroatoms. The van der Waals surface area contributed by atoms with Crippen molar-refractivity contribution in [1.29, 1.82) is 0 Å². The van der Waals surface area contributed by atoms with Crippen molar-refractivity contribution in [3.63, 3.8) is 0 Å². The average Bonchev–Trinajstić information content (AvgIpc) is 2.63. The molecule has 0 amide bonds. The van der Waals surface area contributed by atoms with Crippen LogP contribution in [0.3, 0.4) is 0 Å². The first-order valence-electron chi connectivity index (χ1n) is 7.19. The summed E-state index contributed by atoms with van der Waals surface area (Å²) in [6.45, 7) is 9.89. The smallest absolute Gasteiger partial charge is 0.399 e. The van der Waals surface area contributed by atoms with Gasteiger partial charge in [-0.15, -0.1) is 0 Å². The van der Waals surface area contributed by atoms with E-state index >= 15 is 0 Å². The topological polar surface area (TPSA) is 39.9 Å². The Bertz CT molecular complexity index is 748. The minimum absolute atomic E-state index is 0.00846. The maximum Gasteiger partial charge on any atom is 0.496 e. The first kappa shape index (κ1) is 14.4. The number of pyridine rings is 2. The Kier molecular flexibility index (Phi) is 3.04. The molecule has 0 bridgehead atoms. The summed E-state index contributed by atoms with van der Waals surface area (Å²) in [7, 11) is -0.452. The predicted octanol–water partition coefficient (Wildman–Crippen LogP) is 1.91. The molecule has 3 rings (SSSR count). The van der Waals surface area contributed by atoms with Crippen LogP contribution in [0.2, 0.25) is 0 Å². The van der Waals surface area contributed by atoms with Crippen LogP contribution in [0, 0.1) is 6.92 Å². The Morgan fingerprint density at radius 1 is 1.00 bits per heavy atom. The van der Waals surface area contributed by atoms with Gasteiger partial charge in [0.1, 0.15) is 0 Å². The fourth-order valence-electron chi connectivity index (χ4n) is 2.43. The van der Waals surface area contributed by atoms with E-state index < -0.39 is 7.12 Å². The molecule has 21 heavy (non-hydrogen) atoms. The lowest BCUT2D eigenvalue weighted by Gasteiger charge is -2.32. The second-order valence-electron chi connectivity index (χ2n) is 6.67. The average molecular weight is 285 g/mol. The normalized spacial score (nSPS) is 20.1. The summed E-state index contributed by atoms with van der Waals surface area (Å²) < 4.78 is 13.7. The third kappa shape index (κ3) is 2.21. The molecule has 0 aromatic carbocycles. The summed E-state index contributed by atoms with van der Waals surface area (Å²) in [6.07, 6.45) is 1.81. The molecule has 0 radical (unpaired) electrons. The van der Waals surface area contributed by atoms with Gasteiger partial charge in [0.05, 0.1) is 11.2 Å². The molecule has 4 nitrogen and oxygen atoms in total. The number of hydrogen-bond donors (Lipinski definition) is 0. The lowest BCUT2D eigenvalue weighted by atomic mass is 9.80. The van der Waals surface area contributed by atoms with Crippen molar-refractivity contribution >= 4 is 18.1 Å². The molecule has 1 fully saturated rings. The van der Waals surface area contributed by atoms with Gasteiger partial charge in [-0.25, -0.2) is 0 Å². The van der Waals surface area contributed by atoms with Gasteiger partial charge < -0.3 is 9.31 Å². The van der Waals surface area contributed by atoms with Crippen molar-refractivity contribution in [3.8, 4) is 0 Å². The Morgan fingerprint density at radius 3 is 2.19 bits per heavy atom. The molecule has 0 aliphatic carbocycles. The molecule has 1 aliphatic heterocycles. The Hall–Kier alpha value is -1.59. The van der Waals surface area contributed by atoms with Crippen molar-refractivity contribution in [2.24, 2.45) is 0 Å². The fraction of sp³-hybridized carbons (Fsp3) is 0.438. The first-order valence-corrected chi connectivity index (χ1v) is 7.19. The van der Waals surface area contributed by atoms with E-state index in [1.54, 1.807) is 4.40 Å². The highest BCUT2D eigenvalue weighted by atomic mass is 16.7. The third-order valence-electron chi connectivity index (χ3n) is 4.59. The van der Waals surface area contributed by atoms with Gasteiger partial charge in [0, 0.05) is 17.3 Å². The van der Waals surface area contributed by atoms with E-state index in [0.717, 1.165) is 16.5 Å². The molecule has 2 aromatic heterocycles. The van der Waals surface area contributed by atoms with Gasteiger partial charge in [-0.3, -0.25) is 9.20 Å². The molecular formula is C16H20BNO3. The first-order chi connectivity index (χ1) is 9.71. The fourth-order valence-corrected chi connectivity index (χ4v) is 2.43. The molecule has 2 aromatic rings. The Balaban J connectivity index is 2.07. The Morgan fingerprint density at radius 2 is 1.57 bits per heavy atom. The summed E-state index contributed by atoms with van der Waals surface area (Å²) >= 11 is 0. The third-order valence-corrected chi connectivity index (χ3v) is 4.59.